The van der Waals surface area contributed by atoms with Crippen LogP contribution in [0, 0.1) is 12.7 Å². The van der Waals surface area contributed by atoms with Crippen molar-refractivity contribution in [2.45, 2.75) is 33.0 Å². The molecule has 3 aromatic carbocycles. The largest absolute Gasteiger partial charge is 0.439 e. The molecule has 0 fully saturated rings. The summed E-state index contributed by atoms with van der Waals surface area (Å²) in [6.07, 6.45) is 0.232. The number of aromatic nitrogens is 3. The molecule has 34 heavy (non-hydrogen) atoms. The molecule has 0 bridgehead atoms. The number of ether oxygens (including phenoxy) is 1. The second-order valence-electron chi connectivity index (χ2n) is 8.64. The Labute approximate surface area is 195 Å². The number of benzene rings is 3. The summed E-state index contributed by atoms with van der Waals surface area (Å²) in [5.41, 5.74) is 5.66. The number of pyridine rings is 1. The third kappa shape index (κ3) is 3.79. The summed E-state index contributed by atoms with van der Waals surface area (Å²) < 4.78 is 20.1. The van der Waals surface area contributed by atoms with Gasteiger partial charge in [0.15, 0.2) is 6.29 Å². The van der Waals surface area contributed by atoms with Crippen molar-refractivity contribution in [1.82, 2.24) is 15.2 Å². The fourth-order valence-electron chi connectivity index (χ4n) is 4.36. The van der Waals surface area contributed by atoms with Crippen molar-refractivity contribution in [2.75, 3.05) is 0 Å². The monoisotopic (exact) mass is 457 g/mol. The molecule has 0 radical (unpaired) electrons. The average molecular weight is 458 g/mol. The van der Waals surface area contributed by atoms with Crippen molar-refractivity contribution in [2.24, 2.45) is 0 Å². The van der Waals surface area contributed by atoms with Gasteiger partial charge in [-0.2, -0.15) is 5.10 Å². The fraction of sp³-hybridized carbons (Fsp3) is 0.185. The molecule has 5 aromatic rings. The number of halogens is 1. The van der Waals surface area contributed by atoms with Gasteiger partial charge in [0.25, 0.3) is 0 Å². The molecule has 0 saturated carbocycles. The summed E-state index contributed by atoms with van der Waals surface area (Å²) in [5, 5.41) is 27.9. The van der Waals surface area contributed by atoms with Crippen LogP contribution in [0.3, 0.4) is 0 Å². The SMILES string of the molecule is Cc1c2nc(Oc3ccc(C(O)O)cc3)c(C(C)C)c(-c3ccc(F)cc3)c2cc2cn[nH]c12. The zero-order valence-corrected chi connectivity index (χ0v) is 19.0. The van der Waals surface area contributed by atoms with Gasteiger partial charge in [-0.1, -0.05) is 38.1 Å². The molecule has 5 rings (SSSR count). The van der Waals surface area contributed by atoms with Gasteiger partial charge in [0.1, 0.15) is 11.6 Å². The van der Waals surface area contributed by atoms with E-state index in [0.29, 0.717) is 17.2 Å². The summed E-state index contributed by atoms with van der Waals surface area (Å²) in [6.45, 7) is 6.12. The number of fused-ring (bicyclic) bond motifs is 2. The van der Waals surface area contributed by atoms with E-state index in [0.717, 1.165) is 44.1 Å². The number of aromatic amines is 1. The Morgan fingerprint density at radius 3 is 2.35 bits per heavy atom. The van der Waals surface area contributed by atoms with Gasteiger partial charge < -0.3 is 14.9 Å². The molecular weight excluding hydrogens is 433 g/mol. The van der Waals surface area contributed by atoms with E-state index in [4.69, 9.17) is 9.72 Å². The lowest BCUT2D eigenvalue weighted by atomic mass is 9.89. The van der Waals surface area contributed by atoms with Crippen LogP contribution in [0.25, 0.3) is 32.9 Å². The molecule has 7 heteroatoms. The number of H-pyrrole nitrogens is 1. The number of nitrogens with one attached hydrogen (secondary N) is 1. The molecule has 0 spiro atoms. The van der Waals surface area contributed by atoms with Crippen LogP contribution in [0.2, 0.25) is 0 Å². The van der Waals surface area contributed by atoms with Crippen LogP contribution in [-0.2, 0) is 0 Å². The van der Waals surface area contributed by atoms with E-state index in [2.05, 4.69) is 30.1 Å². The van der Waals surface area contributed by atoms with Gasteiger partial charge in [0.05, 0.1) is 17.2 Å². The van der Waals surface area contributed by atoms with Crippen LogP contribution in [0.4, 0.5) is 4.39 Å². The first-order valence-electron chi connectivity index (χ1n) is 11.0. The second-order valence-corrected chi connectivity index (χ2v) is 8.64. The van der Waals surface area contributed by atoms with Gasteiger partial charge in [0.2, 0.25) is 5.88 Å². The molecule has 0 aliphatic heterocycles. The topological polar surface area (TPSA) is 91.3 Å². The fourth-order valence-corrected chi connectivity index (χ4v) is 4.36. The molecular formula is C27H24FN3O3. The molecule has 2 aromatic heterocycles. The van der Waals surface area contributed by atoms with Crippen LogP contribution in [-0.4, -0.2) is 25.4 Å². The summed E-state index contributed by atoms with van der Waals surface area (Å²) in [5.74, 6) is 0.708. The van der Waals surface area contributed by atoms with E-state index in [1.54, 1.807) is 42.6 Å². The van der Waals surface area contributed by atoms with Crippen LogP contribution in [0.15, 0.2) is 60.8 Å². The number of nitrogens with zero attached hydrogens (tertiary/aromatic N) is 2. The zero-order chi connectivity index (χ0) is 24.0. The normalized spacial score (nSPS) is 11.8. The van der Waals surface area contributed by atoms with Crippen LogP contribution in [0.5, 0.6) is 11.6 Å². The summed E-state index contributed by atoms with van der Waals surface area (Å²) in [6, 6.07) is 15.0. The quantitative estimate of drug-likeness (QED) is 0.276. The van der Waals surface area contributed by atoms with Gasteiger partial charge in [-0.15, -0.1) is 0 Å². The van der Waals surface area contributed by atoms with E-state index >= 15 is 0 Å². The Kier molecular flexibility index (Phi) is 5.51. The van der Waals surface area contributed by atoms with Crippen molar-refractivity contribution in [3.8, 4) is 22.8 Å². The molecule has 0 unspecified atom stereocenters. The zero-order valence-electron chi connectivity index (χ0n) is 19.0. The predicted octanol–water partition coefficient (Wildman–Crippen LogP) is 6.12. The third-order valence-electron chi connectivity index (χ3n) is 6.04. The summed E-state index contributed by atoms with van der Waals surface area (Å²) in [4.78, 5) is 4.94. The number of rotatable bonds is 5. The molecule has 0 aliphatic carbocycles. The molecule has 0 saturated heterocycles. The molecule has 2 heterocycles. The lowest BCUT2D eigenvalue weighted by Gasteiger charge is -2.21. The maximum absolute atomic E-state index is 13.8. The maximum atomic E-state index is 13.8. The Hall–Kier alpha value is -3.81. The number of hydrogen-bond donors (Lipinski definition) is 3. The Morgan fingerprint density at radius 1 is 1.00 bits per heavy atom. The van der Waals surface area contributed by atoms with Gasteiger partial charge in [-0.05, 0) is 54.3 Å². The number of aliphatic hydroxyl groups is 2. The van der Waals surface area contributed by atoms with Gasteiger partial charge in [-0.3, -0.25) is 5.10 Å². The van der Waals surface area contributed by atoms with E-state index < -0.39 is 6.29 Å². The van der Waals surface area contributed by atoms with Crippen molar-refractivity contribution in [1.29, 1.82) is 0 Å². The van der Waals surface area contributed by atoms with Crippen LogP contribution in [0.1, 0.15) is 42.7 Å². The first-order chi connectivity index (χ1) is 16.3. The van der Waals surface area contributed by atoms with E-state index in [1.165, 1.54) is 12.1 Å². The lowest BCUT2D eigenvalue weighted by molar-refractivity contribution is -0.0424. The molecule has 172 valence electrons. The first-order valence-corrected chi connectivity index (χ1v) is 11.0. The molecule has 0 atom stereocenters. The molecule has 0 aliphatic rings. The van der Waals surface area contributed by atoms with Gasteiger partial charge >= 0.3 is 0 Å². The summed E-state index contributed by atoms with van der Waals surface area (Å²) >= 11 is 0. The standard InChI is InChI=1S/C27H24FN3O3/c1-14(2)22-23(16-4-8-19(28)9-5-16)21-12-18-13-29-31-24(18)15(3)25(21)30-26(22)34-20-10-6-17(7-11-20)27(32)33/h4-14,27,32-33H,1-3H3,(H,29,31). The van der Waals surface area contributed by atoms with E-state index in [9.17, 15) is 14.6 Å². The number of aryl methyl sites for hydroxylation is 1. The van der Waals surface area contributed by atoms with Crippen molar-refractivity contribution in [3.05, 3.63) is 83.3 Å². The van der Waals surface area contributed by atoms with Crippen molar-refractivity contribution in [3.63, 3.8) is 0 Å². The number of aliphatic hydroxyl groups excluding tert-OH is 1. The summed E-state index contributed by atoms with van der Waals surface area (Å²) in [7, 11) is 0. The maximum Gasteiger partial charge on any atom is 0.223 e. The Balaban J connectivity index is 1.80. The van der Waals surface area contributed by atoms with Gasteiger partial charge in [0, 0.05) is 27.5 Å². The van der Waals surface area contributed by atoms with Crippen LogP contribution < -0.4 is 4.74 Å². The Bertz CT molecular complexity index is 1490. The van der Waals surface area contributed by atoms with Crippen molar-refractivity contribution < 1.29 is 19.3 Å². The molecule has 3 N–H and O–H groups in total. The minimum atomic E-state index is -1.55. The smallest absolute Gasteiger partial charge is 0.223 e. The highest BCUT2D eigenvalue weighted by Gasteiger charge is 2.23. The highest BCUT2D eigenvalue weighted by Crippen LogP contribution is 2.43. The van der Waals surface area contributed by atoms with E-state index in [-0.39, 0.29) is 11.7 Å². The van der Waals surface area contributed by atoms with E-state index in [1.807, 2.05) is 6.92 Å². The highest BCUT2D eigenvalue weighted by atomic mass is 19.1. The average Bonchev–Trinajstić information content (AvgIpc) is 3.29. The van der Waals surface area contributed by atoms with Gasteiger partial charge in [-0.25, -0.2) is 9.37 Å². The minimum Gasteiger partial charge on any atom is -0.439 e. The first kappa shape index (κ1) is 22.0. The number of hydrogen-bond acceptors (Lipinski definition) is 5. The minimum absolute atomic E-state index is 0.0471. The third-order valence-corrected chi connectivity index (χ3v) is 6.04. The molecule has 6 nitrogen and oxygen atoms in total. The Morgan fingerprint density at radius 2 is 1.71 bits per heavy atom. The highest BCUT2D eigenvalue weighted by molar-refractivity contribution is 6.06. The molecule has 0 amide bonds. The van der Waals surface area contributed by atoms with Crippen molar-refractivity contribution >= 4 is 21.8 Å². The second kappa shape index (κ2) is 8.52. The predicted molar refractivity (Wildman–Crippen MR) is 129 cm³/mol. The lowest BCUT2D eigenvalue weighted by Crippen LogP contribution is -2.03. The van der Waals surface area contributed by atoms with Crippen LogP contribution >= 0.6 is 0 Å².